The summed E-state index contributed by atoms with van der Waals surface area (Å²) in [4.78, 5) is 20.8. The van der Waals surface area contributed by atoms with Gasteiger partial charge in [-0.25, -0.2) is 0 Å². The molecule has 0 bridgehead atoms. The Morgan fingerprint density at radius 3 is 2.46 bits per heavy atom. The lowest BCUT2D eigenvalue weighted by atomic mass is 10.2. The maximum atomic E-state index is 10.3. The first-order valence-corrected chi connectivity index (χ1v) is 3.42. The van der Waals surface area contributed by atoms with Gasteiger partial charge in [-0.2, -0.15) is 0 Å². The van der Waals surface area contributed by atoms with E-state index in [1.165, 1.54) is 11.1 Å². The highest BCUT2D eigenvalue weighted by molar-refractivity contribution is 5.18. The van der Waals surface area contributed by atoms with Gasteiger partial charge in [0.2, 0.25) is 0 Å². The molecule has 0 saturated carbocycles. The minimum Gasteiger partial charge on any atom is -0.364 e. The average Bonchev–Trinajstić information content (AvgIpc) is 2.03. The Labute approximate surface area is 73.2 Å². The summed E-state index contributed by atoms with van der Waals surface area (Å²) in [7, 11) is 1.54. The van der Waals surface area contributed by atoms with Gasteiger partial charge in [-0.05, 0) is 0 Å². The molecule has 0 unspecified atom stereocenters. The molecule has 1 rings (SSSR count). The van der Waals surface area contributed by atoms with E-state index in [2.05, 4.69) is 0 Å². The molecular formula is C6H7N3O4. The highest BCUT2D eigenvalue weighted by Gasteiger charge is 2.23. The fourth-order valence-electron chi connectivity index (χ4n) is 0.991. The van der Waals surface area contributed by atoms with Gasteiger partial charge in [0.15, 0.2) is 0 Å². The van der Waals surface area contributed by atoms with Crippen LogP contribution < -0.4 is 0 Å². The molecule has 0 fully saturated rings. The molecule has 0 aromatic heterocycles. The smallest absolute Gasteiger partial charge is 0.291 e. The maximum absolute atomic E-state index is 10.3. The molecule has 0 N–H and O–H groups in total. The summed E-state index contributed by atoms with van der Waals surface area (Å²) in [5, 5.41) is 20.6. The molecule has 7 nitrogen and oxygen atoms in total. The minimum absolute atomic E-state index is 0.0876. The van der Waals surface area contributed by atoms with E-state index in [9.17, 15) is 20.2 Å². The minimum atomic E-state index is -0.654. The third-order valence-corrected chi connectivity index (χ3v) is 1.52. The van der Waals surface area contributed by atoms with Gasteiger partial charge in [0.25, 0.3) is 11.4 Å². The van der Waals surface area contributed by atoms with E-state index < -0.39 is 9.85 Å². The Hall–Kier alpha value is -1.92. The first kappa shape index (κ1) is 9.17. The molecule has 7 heteroatoms. The second kappa shape index (κ2) is 3.21. The molecule has 0 saturated heterocycles. The van der Waals surface area contributed by atoms with Crippen molar-refractivity contribution < 1.29 is 9.85 Å². The van der Waals surface area contributed by atoms with Gasteiger partial charge >= 0.3 is 0 Å². The molecule has 0 spiro atoms. The normalized spacial score (nSPS) is 16.2. The third-order valence-electron chi connectivity index (χ3n) is 1.52. The van der Waals surface area contributed by atoms with Crippen molar-refractivity contribution in [3.63, 3.8) is 0 Å². The molecule has 0 atom stereocenters. The van der Waals surface area contributed by atoms with Crippen LogP contribution >= 0.6 is 0 Å². The van der Waals surface area contributed by atoms with Gasteiger partial charge < -0.3 is 4.90 Å². The Kier molecular flexibility index (Phi) is 2.27. The monoisotopic (exact) mass is 185 g/mol. The number of allylic oxidation sites excluding steroid dienone is 1. The summed E-state index contributed by atoms with van der Waals surface area (Å²) in [6, 6.07) is 0. The molecule has 1 aliphatic heterocycles. The highest BCUT2D eigenvalue weighted by Crippen LogP contribution is 2.12. The summed E-state index contributed by atoms with van der Waals surface area (Å²) in [6.07, 6.45) is 2.23. The number of rotatable bonds is 2. The van der Waals surface area contributed by atoms with Crippen LogP contribution in [-0.4, -0.2) is 28.3 Å². The van der Waals surface area contributed by atoms with Crippen molar-refractivity contribution in [1.82, 2.24) is 4.90 Å². The Morgan fingerprint density at radius 2 is 2.00 bits per heavy atom. The van der Waals surface area contributed by atoms with Crippen molar-refractivity contribution in [3.8, 4) is 0 Å². The molecule has 70 valence electrons. The van der Waals surface area contributed by atoms with Crippen molar-refractivity contribution in [2.24, 2.45) is 0 Å². The maximum Gasteiger partial charge on any atom is 0.291 e. The van der Waals surface area contributed by atoms with Crippen LogP contribution in [0.3, 0.4) is 0 Å². The topological polar surface area (TPSA) is 89.5 Å². The first-order valence-electron chi connectivity index (χ1n) is 3.42. The zero-order valence-corrected chi connectivity index (χ0v) is 6.84. The van der Waals surface area contributed by atoms with Crippen LogP contribution in [-0.2, 0) is 0 Å². The van der Waals surface area contributed by atoms with Crippen LogP contribution in [0.4, 0.5) is 0 Å². The van der Waals surface area contributed by atoms with Gasteiger partial charge in [0.1, 0.15) is 6.54 Å². The van der Waals surface area contributed by atoms with Crippen molar-refractivity contribution in [2.45, 2.75) is 0 Å². The molecular weight excluding hydrogens is 178 g/mol. The molecule has 0 aliphatic carbocycles. The quantitative estimate of drug-likeness (QED) is 0.453. The van der Waals surface area contributed by atoms with Crippen LogP contribution in [0.25, 0.3) is 0 Å². The average molecular weight is 185 g/mol. The second-order valence-corrected chi connectivity index (χ2v) is 2.62. The van der Waals surface area contributed by atoms with E-state index >= 15 is 0 Å². The van der Waals surface area contributed by atoms with Crippen molar-refractivity contribution >= 4 is 0 Å². The first-order chi connectivity index (χ1) is 6.00. The van der Waals surface area contributed by atoms with Crippen molar-refractivity contribution in [2.75, 3.05) is 13.6 Å². The molecule has 1 aliphatic rings. The van der Waals surface area contributed by atoms with Crippen LogP contribution in [0.2, 0.25) is 0 Å². The van der Waals surface area contributed by atoms with Crippen LogP contribution in [0.15, 0.2) is 23.7 Å². The van der Waals surface area contributed by atoms with E-state index in [4.69, 9.17) is 0 Å². The Balaban J connectivity index is 2.98. The molecule has 0 radical (unpaired) electrons. The van der Waals surface area contributed by atoms with E-state index in [1.54, 1.807) is 7.05 Å². The molecule has 1 heterocycles. The second-order valence-electron chi connectivity index (χ2n) is 2.62. The summed E-state index contributed by atoms with van der Waals surface area (Å²) in [5.41, 5.74) is -0.433. The number of hydrogen-bond donors (Lipinski definition) is 0. The third kappa shape index (κ3) is 2.01. The largest absolute Gasteiger partial charge is 0.364 e. The van der Waals surface area contributed by atoms with E-state index in [0.29, 0.717) is 0 Å². The Bertz CT molecular complexity index is 320. The molecule has 0 aromatic carbocycles. The highest BCUT2D eigenvalue weighted by atomic mass is 16.6. The predicted molar refractivity (Wildman–Crippen MR) is 42.8 cm³/mol. The standard InChI is InChI=1S/C6H7N3O4/c1-7-3-5(8(10)11)2-6(4-7)9(12)13/h2-3H,4H2,1H3. The van der Waals surface area contributed by atoms with E-state index in [-0.39, 0.29) is 17.9 Å². The summed E-state index contributed by atoms with van der Waals surface area (Å²) >= 11 is 0. The fraction of sp³-hybridized carbons (Fsp3) is 0.333. The molecule has 13 heavy (non-hydrogen) atoms. The SMILES string of the molecule is CN1C=C([N+](=O)[O-])C=C([N+](=O)[O-])C1. The van der Waals surface area contributed by atoms with Gasteiger partial charge in [-0.3, -0.25) is 20.2 Å². The van der Waals surface area contributed by atoms with Crippen molar-refractivity contribution in [1.29, 1.82) is 0 Å². The van der Waals surface area contributed by atoms with E-state index in [1.807, 2.05) is 0 Å². The molecule has 0 amide bonds. The number of nitrogens with zero attached hydrogens (tertiary/aromatic N) is 3. The molecule has 0 aromatic rings. The van der Waals surface area contributed by atoms with Gasteiger partial charge in [0, 0.05) is 7.05 Å². The van der Waals surface area contributed by atoms with Gasteiger partial charge in [-0.15, -0.1) is 0 Å². The lowest BCUT2D eigenvalue weighted by molar-refractivity contribution is -0.439. The lowest BCUT2D eigenvalue weighted by Crippen LogP contribution is -2.24. The summed E-state index contributed by atoms with van der Waals surface area (Å²) in [5.74, 6) is 0. The Morgan fingerprint density at radius 1 is 1.38 bits per heavy atom. The van der Waals surface area contributed by atoms with Crippen LogP contribution in [0, 0.1) is 20.2 Å². The number of likely N-dealkylation sites (N-methyl/N-ethyl adjacent to an activating group) is 1. The van der Waals surface area contributed by atoms with Gasteiger partial charge in [0.05, 0.1) is 22.1 Å². The fourth-order valence-corrected chi connectivity index (χ4v) is 0.991. The van der Waals surface area contributed by atoms with Crippen LogP contribution in [0.1, 0.15) is 0 Å². The number of hydrogen-bond acceptors (Lipinski definition) is 5. The lowest BCUT2D eigenvalue weighted by Gasteiger charge is -2.14. The van der Waals surface area contributed by atoms with Crippen molar-refractivity contribution in [3.05, 3.63) is 43.9 Å². The zero-order valence-electron chi connectivity index (χ0n) is 6.84. The van der Waals surface area contributed by atoms with Crippen LogP contribution in [0.5, 0.6) is 0 Å². The number of nitro groups is 2. The summed E-state index contributed by atoms with van der Waals surface area (Å²) in [6.45, 7) is 0.0876. The zero-order chi connectivity index (χ0) is 10.0. The van der Waals surface area contributed by atoms with E-state index in [0.717, 1.165) is 6.08 Å². The summed E-state index contributed by atoms with van der Waals surface area (Å²) < 4.78 is 0. The predicted octanol–water partition coefficient (Wildman–Crippen LogP) is 0.210. The van der Waals surface area contributed by atoms with Gasteiger partial charge in [-0.1, -0.05) is 0 Å².